The van der Waals surface area contributed by atoms with Gasteiger partial charge in [-0.15, -0.1) is 6.58 Å². The first-order chi connectivity index (χ1) is 27.2. The number of hydrogen-bond acceptors (Lipinski definition) is 8. The lowest BCUT2D eigenvalue weighted by Crippen LogP contribution is -2.24. The summed E-state index contributed by atoms with van der Waals surface area (Å²) in [6.45, 7) is 3.96. The van der Waals surface area contributed by atoms with Gasteiger partial charge in [-0.2, -0.15) is 0 Å². The number of aliphatic hydroxyl groups is 1. The fraction of sp³-hybridized carbons (Fsp3) is 0.208. The van der Waals surface area contributed by atoms with Gasteiger partial charge in [0.05, 0.1) is 13.2 Å². The Labute approximate surface area is 326 Å². The van der Waals surface area contributed by atoms with Crippen molar-refractivity contribution >= 4 is 0 Å². The third-order valence-electron chi connectivity index (χ3n) is 10.4. The number of aliphatic hydroxyl groups excluding tert-OH is 1. The lowest BCUT2D eigenvalue weighted by molar-refractivity contribution is 0.0210. The molecule has 0 heterocycles. The van der Waals surface area contributed by atoms with Gasteiger partial charge in [-0.1, -0.05) is 115 Å². The number of ether oxygens (including phenoxy) is 2. The molecule has 0 saturated heterocycles. The minimum atomic E-state index is -0.913. The molecule has 8 heteroatoms. The molecule has 0 spiro atoms. The molecule has 6 N–H and O–H groups in total. The summed E-state index contributed by atoms with van der Waals surface area (Å²) in [5.41, 5.74) is 7.87. The fourth-order valence-electron chi connectivity index (χ4n) is 7.50. The molecule has 1 unspecified atom stereocenters. The second-order valence-corrected chi connectivity index (χ2v) is 14.4. The third-order valence-corrected chi connectivity index (χ3v) is 10.4. The highest BCUT2D eigenvalue weighted by Gasteiger charge is 2.21. The van der Waals surface area contributed by atoms with Crippen LogP contribution in [0.15, 0.2) is 122 Å². The molecule has 56 heavy (non-hydrogen) atoms. The van der Waals surface area contributed by atoms with Crippen LogP contribution in [-0.4, -0.2) is 56.6 Å². The first-order valence-electron chi connectivity index (χ1n) is 18.8. The molecular formula is C48H46O8. The van der Waals surface area contributed by atoms with Crippen LogP contribution >= 0.6 is 0 Å². The molecule has 0 aromatic heterocycles. The van der Waals surface area contributed by atoms with Gasteiger partial charge in [-0.3, -0.25) is 0 Å². The zero-order valence-electron chi connectivity index (χ0n) is 31.1. The Morgan fingerprint density at radius 3 is 0.946 bits per heavy atom. The van der Waals surface area contributed by atoms with Crippen molar-refractivity contribution in [1.82, 2.24) is 0 Å². The summed E-state index contributed by atoms with van der Waals surface area (Å²) in [4.78, 5) is 0. The van der Waals surface area contributed by atoms with Crippen molar-refractivity contribution in [2.45, 2.75) is 44.6 Å². The van der Waals surface area contributed by atoms with Gasteiger partial charge in [0, 0.05) is 38.5 Å². The van der Waals surface area contributed by atoms with Gasteiger partial charge in [-0.05, 0) is 66.8 Å². The zero-order valence-corrected chi connectivity index (χ0v) is 31.1. The molecule has 0 fully saturated rings. The largest absolute Gasteiger partial charge is 0.507 e. The first-order valence-corrected chi connectivity index (χ1v) is 18.8. The van der Waals surface area contributed by atoms with Crippen LogP contribution in [0.3, 0.4) is 0 Å². The predicted octanol–water partition coefficient (Wildman–Crippen LogP) is 8.02. The molecule has 0 saturated carbocycles. The normalized spacial score (nSPS) is 13.3. The molecular weight excluding hydrogens is 705 g/mol. The van der Waals surface area contributed by atoms with Crippen molar-refractivity contribution in [3.63, 3.8) is 0 Å². The molecule has 0 amide bonds. The second kappa shape index (κ2) is 17.1. The van der Waals surface area contributed by atoms with E-state index < -0.39 is 6.10 Å². The highest BCUT2D eigenvalue weighted by Crippen LogP contribution is 2.38. The van der Waals surface area contributed by atoms with Crippen molar-refractivity contribution < 1.29 is 40.1 Å². The summed E-state index contributed by atoms with van der Waals surface area (Å²) in [5.74, 6) is 1.00. The van der Waals surface area contributed by atoms with Crippen LogP contribution in [0.1, 0.15) is 66.8 Å². The van der Waals surface area contributed by atoms with E-state index in [0.717, 1.165) is 11.1 Å². The fourth-order valence-corrected chi connectivity index (χ4v) is 7.50. The van der Waals surface area contributed by atoms with E-state index in [1.807, 2.05) is 109 Å². The standard InChI is InChI=1S/C48H46O8/c1-2-21-55-28-42(49)29-56-48-40-19-8-20-41(48)27-39-18-7-16-37(47(39)54)25-35-14-5-12-33(45(35)52)23-31-10-3-9-30(43(31)50)22-32-11-4-13-34(44(32)51)24-36-15-6-17-38(26-40)46(36)53/h2-20,42,49-54H,1,21-29H2. The number of phenols is 5. The Morgan fingerprint density at radius 2 is 0.679 bits per heavy atom. The molecule has 7 rings (SSSR count). The number of phenolic OH excluding ortho intramolecular Hbond substituents is 5. The molecule has 12 bridgehead atoms. The van der Waals surface area contributed by atoms with Crippen LogP contribution in [0.25, 0.3) is 0 Å². The lowest BCUT2D eigenvalue weighted by atomic mass is 9.91. The summed E-state index contributed by atoms with van der Waals surface area (Å²) in [6.07, 6.45) is 2.35. The van der Waals surface area contributed by atoms with Gasteiger partial charge in [-0.25, -0.2) is 0 Å². The highest BCUT2D eigenvalue weighted by molar-refractivity contribution is 5.56. The number of aromatic hydroxyl groups is 5. The molecule has 1 aliphatic carbocycles. The predicted molar refractivity (Wildman–Crippen MR) is 216 cm³/mol. The van der Waals surface area contributed by atoms with Crippen molar-refractivity contribution in [3.8, 4) is 34.5 Å². The lowest BCUT2D eigenvalue weighted by Gasteiger charge is -2.20. The van der Waals surface area contributed by atoms with E-state index in [1.165, 1.54) is 0 Å². The summed E-state index contributed by atoms with van der Waals surface area (Å²) in [6, 6.07) is 33.4. The van der Waals surface area contributed by atoms with Gasteiger partial charge in [0.15, 0.2) is 0 Å². The van der Waals surface area contributed by atoms with E-state index in [9.17, 15) is 30.6 Å². The van der Waals surface area contributed by atoms with Gasteiger partial charge >= 0.3 is 0 Å². The van der Waals surface area contributed by atoms with E-state index in [2.05, 4.69) is 6.58 Å². The molecule has 1 aliphatic rings. The van der Waals surface area contributed by atoms with Crippen LogP contribution < -0.4 is 4.74 Å². The van der Waals surface area contributed by atoms with Crippen LogP contribution in [0, 0.1) is 0 Å². The van der Waals surface area contributed by atoms with Crippen molar-refractivity contribution in [2.24, 2.45) is 0 Å². The summed E-state index contributed by atoms with van der Waals surface area (Å²) >= 11 is 0. The number of para-hydroxylation sites is 6. The Kier molecular flexibility index (Phi) is 11.6. The maximum Gasteiger partial charge on any atom is 0.126 e. The summed E-state index contributed by atoms with van der Waals surface area (Å²) < 4.78 is 11.8. The van der Waals surface area contributed by atoms with E-state index in [0.29, 0.717) is 80.8 Å². The third kappa shape index (κ3) is 8.37. The molecule has 286 valence electrons. The van der Waals surface area contributed by atoms with Gasteiger partial charge in [0.2, 0.25) is 0 Å². The molecule has 1 atom stereocenters. The van der Waals surface area contributed by atoms with Crippen LogP contribution in [0.5, 0.6) is 34.5 Å². The van der Waals surface area contributed by atoms with Crippen LogP contribution in [0.2, 0.25) is 0 Å². The van der Waals surface area contributed by atoms with E-state index in [4.69, 9.17) is 9.47 Å². The van der Waals surface area contributed by atoms with Crippen molar-refractivity contribution in [1.29, 1.82) is 0 Å². The van der Waals surface area contributed by atoms with E-state index >= 15 is 0 Å². The Morgan fingerprint density at radius 1 is 0.429 bits per heavy atom. The number of fused-ring (bicyclic) bond motifs is 12. The minimum absolute atomic E-state index is 0.0498. The minimum Gasteiger partial charge on any atom is -0.507 e. The van der Waals surface area contributed by atoms with Gasteiger partial charge < -0.3 is 40.1 Å². The summed E-state index contributed by atoms with van der Waals surface area (Å²) in [5, 5.41) is 68.5. The average molecular weight is 751 g/mol. The summed E-state index contributed by atoms with van der Waals surface area (Å²) in [7, 11) is 0. The Bertz CT molecular complexity index is 2220. The average Bonchev–Trinajstić information content (AvgIpc) is 3.18. The quantitative estimate of drug-likeness (QED) is 0.0712. The Balaban J connectivity index is 1.33. The molecule has 0 aliphatic heterocycles. The topological polar surface area (TPSA) is 140 Å². The van der Waals surface area contributed by atoms with Gasteiger partial charge in [0.1, 0.15) is 47.2 Å². The second-order valence-electron chi connectivity index (χ2n) is 14.4. The van der Waals surface area contributed by atoms with Gasteiger partial charge in [0.25, 0.3) is 0 Å². The zero-order chi connectivity index (χ0) is 39.2. The van der Waals surface area contributed by atoms with Crippen LogP contribution in [-0.2, 0) is 43.3 Å². The van der Waals surface area contributed by atoms with Crippen molar-refractivity contribution in [3.05, 3.63) is 189 Å². The number of rotatable bonds is 7. The van der Waals surface area contributed by atoms with E-state index in [1.54, 1.807) is 6.08 Å². The number of benzene rings is 6. The molecule has 6 aromatic carbocycles. The molecule has 8 nitrogen and oxygen atoms in total. The van der Waals surface area contributed by atoms with Crippen molar-refractivity contribution in [2.75, 3.05) is 19.8 Å². The maximum atomic E-state index is 11.7. The SMILES string of the molecule is C=CCOCC(O)COc1c2cccc1Cc1cccc(c1O)Cc1cccc(c1O)Cc1cccc(c1O)Cc1cccc(c1O)Cc1cccc(c1O)C2. The monoisotopic (exact) mass is 750 g/mol. The molecule has 6 aromatic rings. The molecule has 0 radical (unpaired) electrons. The number of hydrogen-bond donors (Lipinski definition) is 6. The Hall–Kier alpha value is -6.22. The highest BCUT2D eigenvalue weighted by atomic mass is 16.5. The van der Waals surface area contributed by atoms with Crippen LogP contribution in [0.4, 0.5) is 0 Å². The maximum absolute atomic E-state index is 11.7. The first kappa shape index (κ1) is 38.1. The smallest absolute Gasteiger partial charge is 0.126 e. The van der Waals surface area contributed by atoms with E-state index in [-0.39, 0.29) is 67.6 Å².